The molecule has 30 heavy (non-hydrogen) atoms. The third-order valence-corrected chi connectivity index (χ3v) is 5.31. The summed E-state index contributed by atoms with van der Waals surface area (Å²) in [5.74, 6) is 0.593. The van der Waals surface area contributed by atoms with Gasteiger partial charge in [0.25, 0.3) is 0 Å². The van der Waals surface area contributed by atoms with Gasteiger partial charge in [0.1, 0.15) is 11.8 Å². The van der Waals surface area contributed by atoms with Gasteiger partial charge in [-0.2, -0.15) is 0 Å². The lowest BCUT2D eigenvalue weighted by Crippen LogP contribution is -2.49. The summed E-state index contributed by atoms with van der Waals surface area (Å²) < 4.78 is 5.33. The minimum Gasteiger partial charge on any atom is -0.497 e. The Morgan fingerprint density at radius 3 is 2.53 bits per heavy atom. The number of hydrogen-bond donors (Lipinski definition) is 1. The number of nitrogens with one attached hydrogen (secondary N) is 1. The van der Waals surface area contributed by atoms with Crippen molar-refractivity contribution in [2.75, 3.05) is 13.7 Å². The maximum absolute atomic E-state index is 13.4. The van der Waals surface area contributed by atoms with E-state index in [1.165, 1.54) is 0 Å². The number of unbranched alkanes of at least 4 members (excludes halogenated alkanes) is 1. The van der Waals surface area contributed by atoms with Crippen molar-refractivity contribution in [1.82, 2.24) is 10.2 Å². The van der Waals surface area contributed by atoms with Crippen LogP contribution in [-0.4, -0.2) is 36.4 Å². The van der Waals surface area contributed by atoms with Gasteiger partial charge < -0.3 is 15.0 Å². The molecule has 0 saturated heterocycles. The van der Waals surface area contributed by atoms with Crippen molar-refractivity contribution < 1.29 is 14.3 Å². The second-order valence-electron chi connectivity index (χ2n) is 7.55. The van der Waals surface area contributed by atoms with Gasteiger partial charge in [0.05, 0.1) is 13.5 Å². The highest BCUT2D eigenvalue weighted by Crippen LogP contribution is 2.19. The molecule has 2 rings (SSSR count). The molecule has 5 heteroatoms. The van der Waals surface area contributed by atoms with Crippen molar-refractivity contribution in [1.29, 1.82) is 0 Å². The Morgan fingerprint density at radius 1 is 1.10 bits per heavy atom. The molecule has 1 N–H and O–H groups in total. The number of nitrogens with zero attached hydrogens (tertiary/aromatic N) is 1. The topological polar surface area (TPSA) is 58.6 Å². The zero-order chi connectivity index (χ0) is 21.9. The first kappa shape index (κ1) is 23.5. The molecule has 0 saturated carbocycles. The average molecular weight is 411 g/mol. The molecule has 2 aromatic carbocycles. The van der Waals surface area contributed by atoms with E-state index in [4.69, 9.17) is 4.74 Å². The minimum atomic E-state index is -0.510. The Bertz CT molecular complexity index is 835. The lowest BCUT2D eigenvalue weighted by molar-refractivity contribution is -0.140. The van der Waals surface area contributed by atoms with Crippen molar-refractivity contribution in [2.24, 2.45) is 0 Å². The first-order valence-electron chi connectivity index (χ1n) is 10.7. The largest absolute Gasteiger partial charge is 0.497 e. The summed E-state index contributed by atoms with van der Waals surface area (Å²) in [6, 6.07) is 15.0. The number of hydrogen-bond acceptors (Lipinski definition) is 3. The van der Waals surface area contributed by atoms with E-state index in [1.54, 1.807) is 12.0 Å². The van der Waals surface area contributed by atoms with Gasteiger partial charge in [-0.05, 0) is 48.6 Å². The van der Waals surface area contributed by atoms with Gasteiger partial charge in [-0.1, -0.05) is 56.7 Å². The van der Waals surface area contributed by atoms with Gasteiger partial charge >= 0.3 is 0 Å². The van der Waals surface area contributed by atoms with Gasteiger partial charge in [0, 0.05) is 13.1 Å². The first-order chi connectivity index (χ1) is 14.5. The van der Waals surface area contributed by atoms with Crippen molar-refractivity contribution in [3.63, 3.8) is 0 Å². The summed E-state index contributed by atoms with van der Waals surface area (Å²) in [5.41, 5.74) is 3.00. The second-order valence-corrected chi connectivity index (χ2v) is 7.55. The molecule has 0 unspecified atom stereocenters. The van der Waals surface area contributed by atoms with Crippen LogP contribution in [0.4, 0.5) is 0 Å². The van der Waals surface area contributed by atoms with Crippen molar-refractivity contribution in [2.45, 2.75) is 59.0 Å². The third-order valence-electron chi connectivity index (χ3n) is 5.31. The molecule has 0 bridgehead atoms. The van der Waals surface area contributed by atoms with Crippen LogP contribution in [0.15, 0.2) is 48.5 Å². The summed E-state index contributed by atoms with van der Waals surface area (Å²) in [6.45, 7) is 7.03. The fraction of sp³-hybridized carbons (Fsp3) is 0.440. The second kappa shape index (κ2) is 12.0. The van der Waals surface area contributed by atoms with Crippen LogP contribution in [0, 0.1) is 6.92 Å². The fourth-order valence-corrected chi connectivity index (χ4v) is 3.47. The van der Waals surface area contributed by atoms with Crippen LogP contribution in [0.1, 0.15) is 49.8 Å². The van der Waals surface area contributed by atoms with Crippen LogP contribution in [-0.2, 0) is 22.6 Å². The zero-order valence-electron chi connectivity index (χ0n) is 18.6. The van der Waals surface area contributed by atoms with E-state index in [2.05, 4.69) is 12.2 Å². The standard InChI is InChI=1S/C25H34N2O3/c1-5-7-15-26-25(29)23(6-2)27(18-20-12-10-14-22(16-20)30-4)24(28)17-21-13-9-8-11-19(21)3/h8-14,16,23H,5-7,15,17-18H2,1-4H3,(H,26,29)/t23-/m0/s1. The Morgan fingerprint density at radius 2 is 1.87 bits per heavy atom. The van der Waals surface area contributed by atoms with Crippen LogP contribution in [0.5, 0.6) is 5.75 Å². The number of ether oxygens (including phenoxy) is 1. The van der Waals surface area contributed by atoms with Crippen LogP contribution in [0.2, 0.25) is 0 Å². The zero-order valence-corrected chi connectivity index (χ0v) is 18.6. The number of rotatable bonds is 11. The van der Waals surface area contributed by atoms with E-state index in [9.17, 15) is 9.59 Å². The molecule has 0 aliphatic carbocycles. The molecular formula is C25H34N2O3. The highest BCUT2D eigenvalue weighted by Gasteiger charge is 2.28. The van der Waals surface area contributed by atoms with Gasteiger partial charge in [0.15, 0.2) is 0 Å². The summed E-state index contributed by atoms with van der Waals surface area (Å²) >= 11 is 0. The van der Waals surface area contributed by atoms with E-state index in [0.29, 0.717) is 19.5 Å². The van der Waals surface area contributed by atoms with E-state index in [0.717, 1.165) is 35.3 Å². The molecule has 0 aliphatic heterocycles. The van der Waals surface area contributed by atoms with E-state index < -0.39 is 6.04 Å². The number of carbonyl (C=O) groups is 2. The maximum Gasteiger partial charge on any atom is 0.242 e. The number of amides is 2. The van der Waals surface area contributed by atoms with Crippen LogP contribution >= 0.6 is 0 Å². The minimum absolute atomic E-state index is 0.0513. The van der Waals surface area contributed by atoms with Gasteiger partial charge in [0.2, 0.25) is 11.8 Å². The number of carbonyl (C=O) groups excluding carboxylic acids is 2. The Hall–Kier alpha value is -2.82. The summed E-state index contributed by atoms with van der Waals surface area (Å²) in [6.07, 6.45) is 2.77. The van der Waals surface area contributed by atoms with Gasteiger partial charge in [-0.3, -0.25) is 9.59 Å². The van der Waals surface area contributed by atoms with Crippen LogP contribution < -0.4 is 10.1 Å². The van der Waals surface area contributed by atoms with Crippen LogP contribution in [0.3, 0.4) is 0 Å². The normalized spacial score (nSPS) is 11.6. The summed E-state index contributed by atoms with van der Waals surface area (Å²) in [4.78, 5) is 28.0. The predicted octanol–water partition coefficient (Wildman–Crippen LogP) is 4.27. The third kappa shape index (κ3) is 6.61. The van der Waals surface area contributed by atoms with E-state index in [-0.39, 0.29) is 18.2 Å². The Kier molecular flexibility index (Phi) is 9.39. The first-order valence-corrected chi connectivity index (χ1v) is 10.7. The molecule has 0 aromatic heterocycles. The molecule has 0 heterocycles. The maximum atomic E-state index is 13.4. The highest BCUT2D eigenvalue weighted by molar-refractivity contribution is 5.88. The molecular weight excluding hydrogens is 376 g/mol. The number of benzene rings is 2. The summed E-state index contributed by atoms with van der Waals surface area (Å²) in [7, 11) is 1.62. The van der Waals surface area contributed by atoms with E-state index in [1.807, 2.05) is 62.4 Å². The van der Waals surface area contributed by atoms with Gasteiger partial charge in [-0.25, -0.2) is 0 Å². The lowest BCUT2D eigenvalue weighted by Gasteiger charge is -2.31. The quantitative estimate of drug-likeness (QED) is 0.563. The molecule has 0 spiro atoms. The lowest BCUT2D eigenvalue weighted by atomic mass is 10.0. The molecule has 2 amide bonds. The number of methoxy groups -OCH3 is 1. The molecule has 0 fully saturated rings. The molecule has 2 aromatic rings. The van der Waals surface area contributed by atoms with E-state index >= 15 is 0 Å². The Balaban J connectivity index is 2.28. The summed E-state index contributed by atoms with van der Waals surface area (Å²) in [5, 5.41) is 3.00. The van der Waals surface area contributed by atoms with Crippen LogP contribution in [0.25, 0.3) is 0 Å². The molecule has 162 valence electrons. The van der Waals surface area contributed by atoms with Gasteiger partial charge in [-0.15, -0.1) is 0 Å². The molecule has 1 atom stereocenters. The van der Waals surface area contributed by atoms with Crippen molar-refractivity contribution in [3.8, 4) is 5.75 Å². The Labute approximate surface area is 180 Å². The molecule has 5 nitrogen and oxygen atoms in total. The fourth-order valence-electron chi connectivity index (χ4n) is 3.47. The average Bonchev–Trinajstić information content (AvgIpc) is 2.75. The predicted molar refractivity (Wildman–Crippen MR) is 120 cm³/mol. The molecule has 0 aliphatic rings. The monoisotopic (exact) mass is 410 g/mol. The van der Waals surface area contributed by atoms with Crippen molar-refractivity contribution >= 4 is 11.8 Å². The van der Waals surface area contributed by atoms with Crippen molar-refractivity contribution in [3.05, 3.63) is 65.2 Å². The number of aryl methyl sites for hydroxylation is 1. The SMILES string of the molecule is CCCCNC(=O)[C@H](CC)N(Cc1cccc(OC)c1)C(=O)Cc1ccccc1C. The smallest absolute Gasteiger partial charge is 0.242 e. The molecule has 0 radical (unpaired) electrons. The highest BCUT2D eigenvalue weighted by atomic mass is 16.5.